The third-order valence-electron chi connectivity index (χ3n) is 4.46. The van der Waals surface area contributed by atoms with Gasteiger partial charge < -0.3 is 19.7 Å². The van der Waals surface area contributed by atoms with E-state index in [0.29, 0.717) is 12.3 Å². The third kappa shape index (κ3) is 6.82. The van der Waals surface area contributed by atoms with Crippen molar-refractivity contribution in [3.05, 3.63) is 59.7 Å². The van der Waals surface area contributed by atoms with E-state index in [-0.39, 0.29) is 24.5 Å². The van der Waals surface area contributed by atoms with Gasteiger partial charge in [-0.2, -0.15) is 0 Å². The Balaban J connectivity index is 2.15. The van der Waals surface area contributed by atoms with E-state index in [4.69, 9.17) is 9.47 Å². The summed E-state index contributed by atoms with van der Waals surface area (Å²) in [5.74, 6) is 0.910. The predicted molar refractivity (Wildman–Crippen MR) is 113 cm³/mol. The molecule has 0 radical (unpaired) electrons. The maximum atomic E-state index is 13.0. The Kier molecular flexibility index (Phi) is 8.07. The van der Waals surface area contributed by atoms with E-state index in [1.54, 1.807) is 14.0 Å². The second kappa shape index (κ2) is 10.5. The second-order valence-electron chi connectivity index (χ2n) is 7.31. The molecule has 2 aromatic carbocycles. The molecule has 156 valence electrons. The summed E-state index contributed by atoms with van der Waals surface area (Å²) in [6.07, 6.45) is 0. The van der Waals surface area contributed by atoms with Gasteiger partial charge in [0.1, 0.15) is 17.5 Å². The highest BCUT2D eigenvalue weighted by molar-refractivity contribution is 5.88. The Morgan fingerprint density at radius 1 is 1.03 bits per heavy atom. The standard InChI is InChI=1S/C23H30N2O4/c1-16(2)24-23(27)18(4)25(14-19-9-11-20(28-5)12-10-19)22(26)15-29-21-8-6-7-17(3)13-21/h6-13,16,18H,14-15H2,1-5H3,(H,24,27)/t18-/m1/s1. The lowest BCUT2D eigenvalue weighted by Gasteiger charge is -2.29. The second-order valence-corrected chi connectivity index (χ2v) is 7.31. The zero-order chi connectivity index (χ0) is 21.4. The van der Waals surface area contributed by atoms with Crippen LogP contribution in [0.4, 0.5) is 0 Å². The molecule has 0 unspecified atom stereocenters. The van der Waals surface area contributed by atoms with Gasteiger partial charge in [0.15, 0.2) is 6.61 Å². The highest BCUT2D eigenvalue weighted by Gasteiger charge is 2.26. The number of amides is 2. The van der Waals surface area contributed by atoms with Crippen molar-refractivity contribution in [1.29, 1.82) is 0 Å². The Labute approximate surface area is 172 Å². The summed E-state index contributed by atoms with van der Waals surface area (Å²) in [6, 6.07) is 14.3. The van der Waals surface area contributed by atoms with E-state index >= 15 is 0 Å². The molecule has 0 heterocycles. The zero-order valence-electron chi connectivity index (χ0n) is 17.8. The number of nitrogens with zero attached hydrogens (tertiary/aromatic N) is 1. The van der Waals surface area contributed by atoms with Gasteiger partial charge in [0, 0.05) is 12.6 Å². The van der Waals surface area contributed by atoms with Gasteiger partial charge in [0.25, 0.3) is 5.91 Å². The molecule has 0 spiro atoms. The normalized spacial score (nSPS) is 11.7. The van der Waals surface area contributed by atoms with Crippen LogP contribution in [0.25, 0.3) is 0 Å². The molecule has 2 amide bonds. The molecule has 0 aliphatic heterocycles. The fraction of sp³-hybridized carbons (Fsp3) is 0.391. The highest BCUT2D eigenvalue weighted by atomic mass is 16.5. The van der Waals surface area contributed by atoms with E-state index in [9.17, 15) is 9.59 Å². The first-order valence-electron chi connectivity index (χ1n) is 9.72. The summed E-state index contributed by atoms with van der Waals surface area (Å²) in [6.45, 7) is 7.63. The number of nitrogens with one attached hydrogen (secondary N) is 1. The van der Waals surface area contributed by atoms with Crippen LogP contribution in [0.5, 0.6) is 11.5 Å². The first kappa shape index (κ1) is 22.3. The minimum absolute atomic E-state index is 0.00793. The van der Waals surface area contributed by atoms with Crippen LogP contribution < -0.4 is 14.8 Å². The third-order valence-corrected chi connectivity index (χ3v) is 4.46. The first-order chi connectivity index (χ1) is 13.8. The molecule has 0 saturated heterocycles. The molecule has 0 aliphatic rings. The number of hydrogen-bond donors (Lipinski definition) is 1. The summed E-state index contributed by atoms with van der Waals surface area (Å²) < 4.78 is 10.9. The van der Waals surface area contributed by atoms with Crippen LogP contribution >= 0.6 is 0 Å². The van der Waals surface area contributed by atoms with E-state index in [1.165, 1.54) is 4.90 Å². The number of hydrogen-bond acceptors (Lipinski definition) is 4. The van der Waals surface area contributed by atoms with E-state index in [2.05, 4.69) is 5.32 Å². The molecular formula is C23H30N2O4. The van der Waals surface area contributed by atoms with Gasteiger partial charge in [0.2, 0.25) is 5.91 Å². The lowest BCUT2D eigenvalue weighted by Crippen LogP contribution is -2.50. The largest absolute Gasteiger partial charge is 0.497 e. The van der Waals surface area contributed by atoms with Crippen molar-refractivity contribution in [1.82, 2.24) is 10.2 Å². The fourth-order valence-corrected chi connectivity index (χ4v) is 2.85. The first-order valence-corrected chi connectivity index (χ1v) is 9.72. The van der Waals surface area contributed by atoms with Crippen LogP contribution in [0.15, 0.2) is 48.5 Å². The van der Waals surface area contributed by atoms with Crippen molar-refractivity contribution in [3.63, 3.8) is 0 Å². The van der Waals surface area contributed by atoms with E-state index in [1.807, 2.05) is 69.3 Å². The topological polar surface area (TPSA) is 67.9 Å². The molecule has 2 rings (SSSR count). The zero-order valence-corrected chi connectivity index (χ0v) is 17.8. The molecule has 29 heavy (non-hydrogen) atoms. The maximum absolute atomic E-state index is 13.0. The summed E-state index contributed by atoms with van der Waals surface area (Å²) in [7, 11) is 1.60. The monoisotopic (exact) mass is 398 g/mol. The maximum Gasteiger partial charge on any atom is 0.261 e. The quantitative estimate of drug-likeness (QED) is 0.704. The molecular weight excluding hydrogens is 368 g/mol. The smallest absolute Gasteiger partial charge is 0.261 e. The van der Waals surface area contributed by atoms with E-state index in [0.717, 1.165) is 16.9 Å². The minimum Gasteiger partial charge on any atom is -0.497 e. The minimum atomic E-state index is -0.631. The van der Waals surface area contributed by atoms with Gasteiger partial charge in [0.05, 0.1) is 7.11 Å². The molecule has 1 N–H and O–H groups in total. The van der Waals surface area contributed by atoms with Gasteiger partial charge in [-0.1, -0.05) is 24.3 Å². The Bertz CT molecular complexity index is 818. The van der Waals surface area contributed by atoms with Crippen molar-refractivity contribution in [2.45, 2.75) is 46.3 Å². The number of carbonyl (C=O) groups is 2. The molecule has 2 aromatic rings. The van der Waals surface area contributed by atoms with Crippen molar-refractivity contribution in [2.24, 2.45) is 0 Å². The van der Waals surface area contributed by atoms with Gasteiger partial charge in [-0.25, -0.2) is 0 Å². The van der Waals surface area contributed by atoms with Gasteiger partial charge >= 0.3 is 0 Å². The van der Waals surface area contributed by atoms with Gasteiger partial charge in [-0.3, -0.25) is 9.59 Å². The SMILES string of the molecule is COc1ccc(CN(C(=O)COc2cccc(C)c2)[C@H](C)C(=O)NC(C)C)cc1. The molecule has 0 bridgehead atoms. The average molecular weight is 399 g/mol. The van der Waals surface area contributed by atoms with Crippen LogP contribution in [0.1, 0.15) is 31.9 Å². The predicted octanol–water partition coefficient (Wildman–Crippen LogP) is 3.32. The van der Waals surface area contributed by atoms with Gasteiger partial charge in [-0.05, 0) is 63.1 Å². The van der Waals surface area contributed by atoms with Crippen LogP contribution in [-0.4, -0.2) is 42.5 Å². The molecule has 6 heteroatoms. The van der Waals surface area contributed by atoms with Crippen molar-refractivity contribution in [3.8, 4) is 11.5 Å². The van der Waals surface area contributed by atoms with Crippen LogP contribution in [0, 0.1) is 6.92 Å². The summed E-state index contributed by atoms with van der Waals surface area (Å²) in [4.78, 5) is 27.0. The fourth-order valence-electron chi connectivity index (χ4n) is 2.85. The molecule has 0 saturated carbocycles. The molecule has 0 aromatic heterocycles. The Morgan fingerprint density at radius 2 is 1.72 bits per heavy atom. The van der Waals surface area contributed by atoms with Crippen molar-refractivity contribution < 1.29 is 19.1 Å². The number of aryl methyl sites for hydroxylation is 1. The number of methoxy groups -OCH3 is 1. The average Bonchev–Trinajstić information content (AvgIpc) is 2.69. The number of carbonyl (C=O) groups excluding carboxylic acids is 2. The highest BCUT2D eigenvalue weighted by Crippen LogP contribution is 2.16. The van der Waals surface area contributed by atoms with Gasteiger partial charge in [-0.15, -0.1) is 0 Å². The number of rotatable bonds is 9. The summed E-state index contributed by atoms with van der Waals surface area (Å²) >= 11 is 0. The molecule has 6 nitrogen and oxygen atoms in total. The number of ether oxygens (including phenoxy) is 2. The molecule has 0 aliphatic carbocycles. The van der Waals surface area contributed by atoms with Crippen molar-refractivity contribution in [2.75, 3.05) is 13.7 Å². The Hall–Kier alpha value is -3.02. The van der Waals surface area contributed by atoms with Crippen molar-refractivity contribution >= 4 is 11.8 Å². The van der Waals surface area contributed by atoms with E-state index < -0.39 is 6.04 Å². The lowest BCUT2D eigenvalue weighted by molar-refractivity contribution is -0.142. The summed E-state index contributed by atoms with van der Waals surface area (Å²) in [5, 5.41) is 2.87. The number of benzene rings is 2. The molecule has 1 atom stereocenters. The van der Waals surface area contributed by atoms with Crippen LogP contribution in [0.2, 0.25) is 0 Å². The van der Waals surface area contributed by atoms with Crippen LogP contribution in [-0.2, 0) is 16.1 Å². The molecule has 0 fully saturated rings. The summed E-state index contributed by atoms with van der Waals surface area (Å²) in [5.41, 5.74) is 1.95. The van der Waals surface area contributed by atoms with Crippen LogP contribution in [0.3, 0.4) is 0 Å². The lowest BCUT2D eigenvalue weighted by atomic mass is 10.1. The Morgan fingerprint density at radius 3 is 2.31 bits per heavy atom.